The Bertz CT molecular complexity index is 1060. The molecule has 3 nitrogen and oxygen atoms in total. The molecule has 0 saturated heterocycles. The Hall–Kier alpha value is -3.17. The molecule has 4 rings (SSSR count). The molecule has 4 heteroatoms. The van der Waals surface area contributed by atoms with Crippen LogP contribution in [-0.2, 0) is 0 Å². The van der Waals surface area contributed by atoms with E-state index in [9.17, 15) is 9.59 Å². The number of carbonyl (C=O) groups is 2. The molecule has 0 radical (unpaired) electrons. The molecule has 1 aliphatic rings. The van der Waals surface area contributed by atoms with Crippen LogP contribution >= 0.6 is 11.6 Å². The zero-order valence-corrected chi connectivity index (χ0v) is 16.1. The number of amides is 2. The van der Waals surface area contributed by atoms with E-state index in [0.717, 1.165) is 22.3 Å². The van der Waals surface area contributed by atoms with Crippen molar-refractivity contribution in [3.05, 3.63) is 101 Å². The van der Waals surface area contributed by atoms with Crippen molar-refractivity contribution in [1.29, 1.82) is 0 Å². The number of allylic oxidation sites excluding steroid dienone is 1. The minimum atomic E-state index is -0.237. The first-order valence-electron chi connectivity index (χ1n) is 9.03. The quantitative estimate of drug-likeness (QED) is 0.538. The zero-order valence-electron chi connectivity index (χ0n) is 15.4. The first kappa shape index (κ1) is 18.2. The third-order valence-electron chi connectivity index (χ3n) is 4.98. The van der Waals surface area contributed by atoms with Gasteiger partial charge < -0.3 is 0 Å². The van der Waals surface area contributed by atoms with Crippen LogP contribution < -0.4 is 0 Å². The van der Waals surface area contributed by atoms with Crippen molar-refractivity contribution in [3.8, 4) is 11.1 Å². The van der Waals surface area contributed by atoms with E-state index in [1.807, 2.05) is 61.5 Å². The van der Waals surface area contributed by atoms with Crippen molar-refractivity contribution in [2.75, 3.05) is 6.54 Å². The molecule has 0 bridgehead atoms. The largest absolute Gasteiger partial charge is 0.270 e. The summed E-state index contributed by atoms with van der Waals surface area (Å²) in [5, 5.41) is 0.716. The molecule has 0 fully saturated rings. The van der Waals surface area contributed by atoms with Crippen molar-refractivity contribution in [2.45, 2.75) is 6.92 Å². The number of benzene rings is 3. The average Bonchev–Trinajstić information content (AvgIpc) is 2.97. The second kappa shape index (κ2) is 7.45. The minimum absolute atomic E-state index is 0.237. The molecule has 28 heavy (non-hydrogen) atoms. The highest BCUT2D eigenvalue weighted by atomic mass is 35.5. The van der Waals surface area contributed by atoms with E-state index in [1.54, 1.807) is 24.3 Å². The van der Waals surface area contributed by atoms with Crippen LogP contribution in [0.3, 0.4) is 0 Å². The maximum atomic E-state index is 12.5. The van der Waals surface area contributed by atoms with E-state index in [1.165, 1.54) is 4.90 Å². The molecule has 3 aromatic carbocycles. The van der Waals surface area contributed by atoms with Crippen molar-refractivity contribution in [3.63, 3.8) is 0 Å². The normalized spacial score (nSPS) is 13.8. The highest BCUT2D eigenvalue weighted by molar-refractivity contribution is 6.33. The number of halogens is 1. The molecule has 3 aromatic rings. The predicted molar refractivity (Wildman–Crippen MR) is 112 cm³/mol. The van der Waals surface area contributed by atoms with Crippen molar-refractivity contribution in [1.82, 2.24) is 4.90 Å². The van der Waals surface area contributed by atoms with Gasteiger partial charge in [-0.1, -0.05) is 72.3 Å². The number of rotatable bonds is 4. The van der Waals surface area contributed by atoms with Crippen LogP contribution in [0, 0.1) is 0 Å². The van der Waals surface area contributed by atoms with Gasteiger partial charge in [0.05, 0.1) is 11.1 Å². The smallest absolute Gasteiger partial charge is 0.261 e. The van der Waals surface area contributed by atoms with Gasteiger partial charge in [0.25, 0.3) is 11.8 Å². The van der Waals surface area contributed by atoms with E-state index in [-0.39, 0.29) is 18.4 Å². The first-order valence-corrected chi connectivity index (χ1v) is 9.41. The summed E-state index contributed by atoms with van der Waals surface area (Å²) in [4.78, 5) is 26.2. The molecule has 0 N–H and O–H groups in total. The summed E-state index contributed by atoms with van der Waals surface area (Å²) < 4.78 is 0. The Kier molecular flexibility index (Phi) is 4.84. The van der Waals surface area contributed by atoms with Gasteiger partial charge in [-0.15, -0.1) is 0 Å². The molecule has 1 heterocycles. The molecular weight excluding hydrogens is 370 g/mol. The van der Waals surface area contributed by atoms with Crippen LogP contribution in [0.25, 0.3) is 16.7 Å². The topological polar surface area (TPSA) is 37.4 Å². The maximum Gasteiger partial charge on any atom is 0.261 e. The van der Waals surface area contributed by atoms with Crippen molar-refractivity contribution >= 4 is 29.0 Å². The Labute approximate surface area is 168 Å². The summed E-state index contributed by atoms with van der Waals surface area (Å²) in [5.74, 6) is -0.475. The van der Waals surface area contributed by atoms with Gasteiger partial charge in [-0.2, -0.15) is 0 Å². The fourth-order valence-electron chi connectivity index (χ4n) is 3.36. The molecular formula is C24H18ClNO2. The summed E-state index contributed by atoms with van der Waals surface area (Å²) >= 11 is 6.27. The monoisotopic (exact) mass is 387 g/mol. The Balaban J connectivity index is 1.52. The van der Waals surface area contributed by atoms with Gasteiger partial charge in [0.15, 0.2) is 0 Å². The molecule has 0 atom stereocenters. The second-order valence-electron chi connectivity index (χ2n) is 6.71. The lowest BCUT2D eigenvalue weighted by atomic mass is 10.0. The highest BCUT2D eigenvalue weighted by Gasteiger charge is 2.34. The average molecular weight is 388 g/mol. The van der Waals surface area contributed by atoms with Gasteiger partial charge in [-0.3, -0.25) is 14.5 Å². The minimum Gasteiger partial charge on any atom is -0.270 e. The molecule has 0 unspecified atom stereocenters. The van der Waals surface area contributed by atoms with Crippen molar-refractivity contribution < 1.29 is 9.59 Å². The number of carbonyl (C=O) groups excluding carboxylic acids is 2. The first-order chi connectivity index (χ1) is 13.6. The zero-order chi connectivity index (χ0) is 19.7. The predicted octanol–water partition coefficient (Wildman–Crippen LogP) is 5.71. The lowest BCUT2D eigenvalue weighted by Gasteiger charge is -2.12. The standard InChI is InChI=1S/C24H18ClNO2/c1-16(14-15-26-23(27)20-7-2-3-8-21(20)24(26)28)17-10-12-18(13-11-17)19-6-4-5-9-22(19)25/h2-14H,15H2,1H3. The van der Waals surface area contributed by atoms with Crippen LogP contribution in [0.4, 0.5) is 0 Å². The number of hydrogen-bond donors (Lipinski definition) is 0. The number of hydrogen-bond acceptors (Lipinski definition) is 2. The fraction of sp³-hybridized carbons (Fsp3) is 0.0833. The molecule has 0 aliphatic carbocycles. The Morgan fingerprint density at radius 2 is 1.36 bits per heavy atom. The third-order valence-corrected chi connectivity index (χ3v) is 5.31. The summed E-state index contributed by atoms with van der Waals surface area (Å²) in [6, 6.07) is 22.8. The van der Waals surface area contributed by atoms with Crippen LogP contribution in [0.2, 0.25) is 5.02 Å². The third kappa shape index (κ3) is 3.25. The highest BCUT2D eigenvalue weighted by Crippen LogP contribution is 2.29. The second-order valence-corrected chi connectivity index (χ2v) is 7.12. The summed E-state index contributed by atoms with van der Waals surface area (Å²) in [6.07, 6.45) is 1.91. The summed E-state index contributed by atoms with van der Waals surface area (Å²) in [6.45, 7) is 2.23. The molecule has 2 amide bonds. The summed E-state index contributed by atoms with van der Waals surface area (Å²) in [7, 11) is 0. The van der Waals surface area contributed by atoms with Gasteiger partial charge in [-0.05, 0) is 41.8 Å². The number of nitrogens with zero attached hydrogens (tertiary/aromatic N) is 1. The number of imide groups is 1. The fourth-order valence-corrected chi connectivity index (χ4v) is 3.60. The van der Waals surface area contributed by atoms with Gasteiger partial charge in [0.2, 0.25) is 0 Å². The van der Waals surface area contributed by atoms with Gasteiger partial charge >= 0.3 is 0 Å². The molecule has 0 saturated carbocycles. The van der Waals surface area contributed by atoms with Gasteiger partial charge in [-0.25, -0.2) is 0 Å². The van der Waals surface area contributed by atoms with E-state index in [4.69, 9.17) is 11.6 Å². The van der Waals surface area contributed by atoms with Crippen molar-refractivity contribution in [2.24, 2.45) is 0 Å². The lowest BCUT2D eigenvalue weighted by molar-refractivity contribution is 0.0672. The molecule has 0 spiro atoms. The number of fused-ring (bicyclic) bond motifs is 1. The molecule has 138 valence electrons. The maximum absolute atomic E-state index is 12.5. The van der Waals surface area contributed by atoms with Gasteiger partial charge in [0.1, 0.15) is 0 Å². The van der Waals surface area contributed by atoms with Crippen LogP contribution in [0.15, 0.2) is 78.9 Å². The van der Waals surface area contributed by atoms with Crippen LogP contribution in [0.5, 0.6) is 0 Å². The molecule has 0 aromatic heterocycles. The van der Waals surface area contributed by atoms with E-state index in [2.05, 4.69) is 0 Å². The van der Waals surface area contributed by atoms with Crippen LogP contribution in [0.1, 0.15) is 33.2 Å². The molecule has 1 aliphatic heterocycles. The van der Waals surface area contributed by atoms with E-state index in [0.29, 0.717) is 16.1 Å². The van der Waals surface area contributed by atoms with E-state index >= 15 is 0 Å². The van der Waals surface area contributed by atoms with Crippen LogP contribution in [-0.4, -0.2) is 23.3 Å². The SMILES string of the molecule is CC(=CCN1C(=O)c2ccccc2C1=O)c1ccc(-c2ccccc2Cl)cc1. The summed E-state index contributed by atoms with van der Waals surface area (Å²) in [5.41, 5.74) is 5.02. The Morgan fingerprint density at radius 3 is 1.93 bits per heavy atom. The Morgan fingerprint density at radius 1 is 0.821 bits per heavy atom. The van der Waals surface area contributed by atoms with E-state index < -0.39 is 0 Å². The van der Waals surface area contributed by atoms with Gasteiger partial charge in [0, 0.05) is 17.1 Å². The lowest BCUT2D eigenvalue weighted by Crippen LogP contribution is -2.29.